The number of benzene rings is 2. The second-order valence-electron chi connectivity index (χ2n) is 4.79. The lowest BCUT2D eigenvalue weighted by Gasteiger charge is -2.13. The average Bonchev–Trinajstić information content (AvgIpc) is 2.47. The molecule has 0 aliphatic rings. The molecule has 0 saturated carbocycles. The minimum Gasteiger partial charge on any atom is -0.508 e. The number of rotatable bonds is 2. The van der Waals surface area contributed by atoms with Crippen LogP contribution in [0.15, 0.2) is 63.8 Å². The third-order valence-electron chi connectivity index (χ3n) is 3.48. The molecule has 0 aliphatic heterocycles. The summed E-state index contributed by atoms with van der Waals surface area (Å²) in [6, 6.07) is 15.7. The van der Waals surface area contributed by atoms with Crippen LogP contribution in [0, 0.1) is 0 Å². The highest BCUT2D eigenvalue weighted by molar-refractivity contribution is 5.76. The molecule has 0 spiro atoms. The molecule has 0 bridgehead atoms. The van der Waals surface area contributed by atoms with Gasteiger partial charge in [0, 0.05) is 17.5 Å². The summed E-state index contributed by atoms with van der Waals surface area (Å²) in [6.07, 6.45) is 0. The number of fused-ring (bicyclic) bond motifs is 1. The average molecular weight is 266 g/mol. The highest BCUT2D eigenvalue weighted by atomic mass is 16.3. The van der Waals surface area contributed by atoms with Crippen LogP contribution >= 0.6 is 0 Å². The van der Waals surface area contributed by atoms with E-state index in [2.05, 4.69) is 0 Å². The molecule has 0 fully saturated rings. The molecule has 0 aliphatic carbocycles. The maximum Gasteiger partial charge on any atom is 0.192 e. The number of hydrogen-bond acceptors (Lipinski definition) is 3. The van der Waals surface area contributed by atoms with Gasteiger partial charge >= 0.3 is 0 Å². The van der Waals surface area contributed by atoms with Crippen LogP contribution < -0.4 is 5.43 Å². The van der Waals surface area contributed by atoms with Gasteiger partial charge in [0.1, 0.15) is 17.1 Å². The fraction of sp³-hybridized carbons (Fsp3) is 0.118. The Labute approximate surface area is 116 Å². The minimum atomic E-state index is -0.187. The van der Waals surface area contributed by atoms with E-state index in [1.165, 1.54) is 6.07 Å². The van der Waals surface area contributed by atoms with Crippen molar-refractivity contribution in [3.05, 3.63) is 76.1 Å². The van der Waals surface area contributed by atoms with Gasteiger partial charge in [-0.1, -0.05) is 37.3 Å². The summed E-state index contributed by atoms with van der Waals surface area (Å²) in [4.78, 5) is 12.1. The van der Waals surface area contributed by atoms with Crippen LogP contribution in [-0.2, 0) is 0 Å². The molecule has 3 rings (SSSR count). The van der Waals surface area contributed by atoms with Crippen LogP contribution in [0.2, 0.25) is 0 Å². The van der Waals surface area contributed by atoms with Crippen LogP contribution in [-0.4, -0.2) is 5.11 Å². The molecular weight excluding hydrogens is 252 g/mol. The van der Waals surface area contributed by atoms with E-state index in [-0.39, 0.29) is 17.1 Å². The third kappa shape index (κ3) is 2.07. The van der Waals surface area contributed by atoms with Gasteiger partial charge in [-0.2, -0.15) is 0 Å². The molecule has 1 heterocycles. The van der Waals surface area contributed by atoms with Crippen molar-refractivity contribution in [1.82, 2.24) is 0 Å². The van der Waals surface area contributed by atoms with Gasteiger partial charge in [0.25, 0.3) is 0 Å². The van der Waals surface area contributed by atoms with Crippen molar-refractivity contribution in [1.29, 1.82) is 0 Å². The predicted molar refractivity (Wildman–Crippen MR) is 78.1 cm³/mol. The minimum absolute atomic E-state index is 0.0656. The Morgan fingerprint density at radius 2 is 1.75 bits per heavy atom. The molecule has 1 unspecified atom stereocenters. The summed E-state index contributed by atoms with van der Waals surface area (Å²) in [6.45, 7) is 1.90. The summed E-state index contributed by atoms with van der Waals surface area (Å²) in [5.41, 5.74) is 1.24. The van der Waals surface area contributed by atoms with Crippen molar-refractivity contribution in [3.8, 4) is 5.75 Å². The largest absolute Gasteiger partial charge is 0.508 e. The molecular formula is C17H14O3. The van der Waals surface area contributed by atoms with E-state index in [4.69, 9.17) is 4.42 Å². The van der Waals surface area contributed by atoms with Gasteiger partial charge in [-0.15, -0.1) is 0 Å². The van der Waals surface area contributed by atoms with Gasteiger partial charge in [-0.3, -0.25) is 4.79 Å². The van der Waals surface area contributed by atoms with Crippen molar-refractivity contribution in [2.45, 2.75) is 12.8 Å². The zero-order valence-electron chi connectivity index (χ0n) is 11.0. The van der Waals surface area contributed by atoms with E-state index in [0.717, 1.165) is 5.56 Å². The molecule has 0 amide bonds. The molecule has 3 nitrogen and oxygen atoms in total. The fourth-order valence-electron chi connectivity index (χ4n) is 2.34. The normalized spacial score (nSPS) is 12.4. The summed E-state index contributed by atoms with van der Waals surface area (Å²) in [5, 5.41) is 10.5. The van der Waals surface area contributed by atoms with Crippen molar-refractivity contribution < 1.29 is 9.52 Å². The van der Waals surface area contributed by atoms with Crippen LogP contribution in [0.5, 0.6) is 5.75 Å². The van der Waals surface area contributed by atoms with Crippen LogP contribution in [0.4, 0.5) is 0 Å². The highest BCUT2D eigenvalue weighted by Crippen LogP contribution is 2.31. The quantitative estimate of drug-likeness (QED) is 0.770. The first-order valence-electron chi connectivity index (χ1n) is 6.47. The molecule has 3 heteroatoms. The zero-order chi connectivity index (χ0) is 14.1. The molecule has 1 N–H and O–H groups in total. The number of hydrogen-bond donors (Lipinski definition) is 1. The standard InChI is InChI=1S/C17H14O3/c1-11(12-6-2-4-8-14(12)18)17-10-15(19)13-7-3-5-9-16(13)20-17/h2-11,18H,1H3. The van der Waals surface area contributed by atoms with Gasteiger partial charge in [-0.05, 0) is 18.2 Å². The maximum absolute atomic E-state index is 12.1. The molecule has 1 atom stereocenters. The van der Waals surface area contributed by atoms with E-state index >= 15 is 0 Å². The second kappa shape index (κ2) is 4.85. The van der Waals surface area contributed by atoms with Gasteiger partial charge < -0.3 is 9.52 Å². The topological polar surface area (TPSA) is 50.4 Å². The van der Waals surface area contributed by atoms with Gasteiger partial charge in [0.15, 0.2) is 5.43 Å². The molecule has 20 heavy (non-hydrogen) atoms. The lowest BCUT2D eigenvalue weighted by molar-refractivity contribution is 0.456. The SMILES string of the molecule is CC(c1cc(=O)c2ccccc2o1)c1ccccc1O. The second-order valence-corrected chi connectivity index (χ2v) is 4.79. The van der Waals surface area contributed by atoms with E-state index in [9.17, 15) is 9.90 Å². The third-order valence-corrected chi connectivity index (χ3v) is 3.48. The zero-order valence-corrected chi connectivity index (χ0v) is 11.0. The Morgan fingerprint density at radius 3 is 2.55 bits per heavy atom. The van der Waals surface area contributed by atoms with Crippen molar-refractivity contribution in [3.63, 3.8) is 0 Å². The van der Waals surface area contributed by atoms with Gasteiger partial charge in [-0.25, -0.2) is 0 Å². The number of para-hydroxylation sites is 2. The van der Waals surface area contributed by atoms with E-state index < -0.39 is 0 Å². The number of aromatic hydroxyl groups is 1. The van der Waals surface area contributed by atoms with Crippen LogP contribution in [0.1, 0.15) is 24.2 Å². The number of phenolic OH excluding ortho intramolecular Hbond substituents is 1. The van der Waals surface area contributed by atoms with E-state index in [0.29, 0.717) is 16.7 Å². The smallest absolute Gasteiger partial charge is 0.192 e. The summed E-state index contributed by atoms with van der Waals surface area (Å²) in [7, 11) is 0. The summed E-state index contributed by atoms with van der Waals surface area (Å²) >= 11 is 0. The van der Waals surface area contributed by atoms with Crippen LogP contribution in [0.25, 0.3) is 11.0 Å². The lowest BCUT2D eigenvalue weighted by atomic mass is 9.97. The Kier molecular flexibility index (Phi) is 3.03. The molecule has 3 aromatic rings. The summed E-state index contributed by atoms with van der Waals surface area (Å²) in [5.74, 6) is 0.569. The predicted octanol–water partition coefficient (Wildman–Crippen LogP) is 3.65. The van der Waals surface area contributed by atoms with Crippen molar-refractivity contribution in [2.75, 3.05) is 0 Å². The first-order valence-corrected chi connectivity index (χ1v) is 6.47. The molecule has 0 saturated heterocycles. The molecule has 2 aromatic carbocycles. The van der Waals surface area contributed by atoms with E-state index in [1.807, 2.05) is 31.2 Å². The lowest BCUT2D eigenvalue weighted by Crippen LogP contribution is -2.05. The Balaban J connectivity index is 2.15. The summed E-state index contributed by atoms with van der Waals surface area (Å²) < 4.78 is 5.80. The molecule has 100 valence electrons. The first kappa shape index (κ1) is 12.5. The Hall–Kier alpha value is -2.55. The van der Waals surface area contributed by atoms with Gasteiger partial charge in [0.05, 0.1) is 5.39 Å². The Bertz CT molecular complexity index is 818. The highest BCUT2D eigenvalue weighted by Gasteiger charge is 2.16. The molecule has 1 aromatic heterocycles. The number of phenols is 1. The van der Waals surface area contributed by atoms with Crippen molar-refractivity contribution >= 4 is 11.0 Å². The maximum atomic E-state index is 12.1. The van der Waals surface area contributed by atoms with E-state index in [1.54, 1.807) is 24.3 Å². The Morgan fingerprint density at radius 1 is 1.05 bits per heavy atom. The monoisotopic (exact) mass is 266 g/mol. The van der Waals surface area contributed by atoms with Crippen molar-refractivity contribution in [2.24, 2.45) is 0 Å². The molecule has 0 radical (unpaired) electrons. The van der Waals surface area contributed by atoms with Crippen LogP contribution in [0.3, 0.4) is 0 Å². The fourth-order valence-corrected chi connectivity index (χ4v) is 2.34. The first-order chi connectivity index (χ1) is 9.66. The van der Waals surface area contributed by atoms with Gasteiger partial charge in [0.2, 0.25) is 0 Å².